The molecule has 0 fully saturated rings. The van der Waals surface area contributed by atoms with Gasteiger partial charge in [-0.25, -0.2) is 4.98 Å². The molecule has 1 aromatic heterocycles. The van der Waals surface area contributed by atoms with Crippen molar-refractivity contribution in [2.75, 3.05) is 27.2 Å². The number of nitrogens with zero attached hydrogens (tertiary/aromatic N) is 3. The van der Waals surface area contributed by atoms with Crippen molar-refractivity contribution in [2.24, 2.45) is 7.05 Å². The summed E-state index contributed by atoms with van der Waals surface area (Å²) < 4.78 is 14.1. The molecule has 0 saturated heterocycles. The molecule has 3 aromatic rings. The Labute approximate surface area is 153 Å². The highest BCUT2D eigenvalue weighted by Crippen LogP contribution is 2.46. The molecular weight excluding hydrogens is 326 g/mol. The molecule has 0 radical (unpaired) electrons. The van der Waals surface area contributed by atoms with Crippen molar-refractivity contribution in [3.05, 3.63) is 54.4 Å². The maximum atomic E-state index is 6.17. The van der Waals surface area contributed by atoms with Gasteiger partial charge in [0.25, 0.3) is 0 Å². The van der Waals surface area contributed by atoms with Gasteiger partial charge < -0.3 is 18.9 Å². The van der Waals surface area contributed by atoms with E-state index in [-0.39, 0.29) is 0 Å². The largest absolute Gasteiger partial charge is 0.456 e. The fourth-order valence-corrected chi connectivity index (χ4v) is 3.20. The molecule has 0 amide bonds. The number of ether oxygens (including phenoxy) is 2. The Balaban J connectivity index is 1.77. The Kier molecular flexibility index (Phi) is 4.49. The third-order valence-corrected chi connectivity index (χ3v) is 4.61. The van der Waals surface area contributed by atoms with Crippen molar-refractivity contribution < 1.29 is 9.47 Å². The molecule has 2 heterocycles. The molecule has 0 spiro atoms. The van der Waals surface area contributed by atoms with Gasteiger partial charge in [0.2, 0.25) is 0 Å². The molecule has 0 N–H and O–H groups in total. The van der Waals surface area contributed by atoms with Gasteiger partial charge in [-0.15, -0.1) is 0 Å². The van der Waals surface area contributed by atoms with Crippen LogP contribution >= 0.6 is 0 Å². The van der Waals surface area contributed by atoms with Crippen LogP contribution in [-0.4, -0.2) is 41.7 Å². The Morgan fingerprint density at radius 1 is 1.00 bits per heavy atom. The van der Waals surface area contributed by atoms with E-state index in [0.29, 0.717) is 13.2 Å². The van der Waals surface area contributed by atoms with E-state index in [1.165, 1.54) is 0 Å². The van der Waals surface area contributed by atoms with Crippen LogP contribution in [0.1, 0.15) is 5.82 Å². The van der Waals surface area contributed by atoms with E-state index in [4.69, 9.17) is 14.5 Å². The highest BCUT2D eigenvalue weighted by molar-refractivity contribution is 5.87. The molecule has 0 aliphatic carbocycles. The summed E-state index contributed by atoms with van der Waals surface area (Å²) >= 11 is 0. The molecule has 5 nitrogen and oxygen atoms in total. The lowest BCUT2D eigenvalue weighted by Gasteiger charge is -2.11. The van der Waals surface area contributed by atoms with Crippen LogP contribution in [-0.2, 0) is 18.4 Å². The Hall–Kier alpha value is -2.63. The first-order valence-corrected chi connectivity index (χ1v) is 8.80. The average molecular weight is 349 g/mol. The molecule has 5 heteroatoms. The van der Waals surface area contributed by atoms with Gasteiger partial charge in [0.15, 0.2) is 0 Å². The molecule has 0 atom stereocenters. The van der Waals surface area contributed by atoms with Crippen molar-refractivity contribution in [1.82, 2.24) is 14.5 Å². The van der Waals surface area contributed by atoms with Gasteiger partial charge in [-0.1, -0.05) is 24.3 Å². The molecule has 26 heavy (non-hydrogen) atoms. The van der Waals surface area contributed by atoms with Crippen LogP contribution in [0.2, 0.25) is 0 Å². The summed E-state index contributed by atoms with van der Waals surface area (Å²) in [5.41, 5.74) is 4.07. The predicted molar refractivity (Wildman–Crippen MR) is 102 cm³/mol. The summed E-state index contributed by atoms with van der Waals surface area (Å²) in [6.45, 7) is 2.06. The molecule has 0 unspecified atom stereocenters. The van der Waals surface area contributed by atoms with Gasteiger partial charge in [0.1, 0.15) is 29.6 Å². The summed E-state index contributed by atoms with van der Waals surface area (Å²) in [5.74, 6) is 2.60. The summed E-state index contributed by atoms with van der Waals surface area (Å²) in [6, 6.07) is 16.2. The molecular formula is C21H23N3O2. The maximum absolute atomic E-state index is 6.17. The standard InChI is InChI=1S/C21H23N3O2/c1-23(2)12-13-25-14-19-22-20-15-8-4-6-10-17(15)26-18-11-7-5-9-16(18)21(20)24(19)3/h4-11H,12-14H2,1-3H3. The molecule has 1 aliphatic heterocycles. The second kappa shape index (κ2) is 6.94. The Morgan fingerprint density at radius 2 is 1.65 bits per heavy atom. The summed E-state index contributed by atoms with van der Waals surface area (Å²) in [4.78, 5) is 7.02. The van der Waals surface area contributed by atoms with Crippen LogP contribution in [0.3, 0.4) is 0 Å². The summed E-state index contributed by atoms with van der Waals surface area (Å²) in [7, 11) is 6.13. The molecule has 0 saturated carbocycles. The number of imidazole rings is 1. The zero-order chi connectivity index (χ0) is 18.1. The first-order chi connectivity index (χ1) is 12.6. The van der Waals surface area contributed by atoms with Gasteiger partial charge in [-0.2, -0.15) is 0 Å². The summed E-state index contributed by atoms with van der Waals surface area (Å²) in [5, 5.41) is 0. The van der Waals surface area contributed by atoms with E-state index >= 15 is 0 Å². The minimum Gasteiger partial charge on any atom is -0.456 e. The number of hydrogen-bond acceptors (Lipinski definition) is 4. The second-order valence-corrected chi connectivity index (χ2v) is 6.73. The summed E-state index contributed by atoms with van der Waals surface area (Å²) in [6.07, 6.45) is 0. The second-order valence-electron chi connectivity index (χ2n) is 6.73. The van der Waals surface area contributed by atoms with Crippen LogP contribution in [0.25, 0.3) is 22.5 Å². The van der Waals surface area contributed by atoms with E-state index in [9.17, 15) is 0 Å². The number of likely N-dealkylation sites (N-methyl/N-ethyl adjacent to an activating group) is 1. The van der Waals surface area contributed by atoms with E-state index in [1.807, 2.05) is 57.5 Å². The third kappa shape index (κ3) is 3.00. The van der Waals surface area contributed by atoms with Crippen molar-refractivity contribution in [1.29, 1.82) is 0 Å². The van der Waals surface area contributed by atoms with Crippen LogP contribution in [0.15, 0.2) is 48.5 Å². The predicted octanol–water partition coefficient (Wildman–Crippen LogP) is 3.94. The zero-order valence-corrected chi connectivity index (χ0v) is 15.4. The molecule has 1 aliphatic rings. The lowest BCUT2D eigenvalue weighted by atomic mass is 10.1. The SMILES string of the molecule is CN(C)CCOCc1nc2c(n1C)-c1ccccc1Oc1ccccc1-2. The van der Waals surface area contributed by atoms with E-state index in [1.54, 1.807) is 0 Å². The van der Waals surface area contributed by atoms with Gasteiger partial charge >= 0.3 is 0 Å². The number of rotatable bonds is 5. The minimum atomic E-state index is 0.489. The lowest BCUT2D eigenvalue weighted by Crippen LogP contribution is -2.18. The van der Waals surface area contributed by atoms with E-state index < -0.39 is 0 Å². The topological polar surface area (TPSA) is 39.5 Å². The van der Waals surface area contributed by atoms with Crippen molar-refractivity contribution in [2.45, 2.75) is 6.61 Å². The quantitative estimate of drug-likeness (QED) is 0.512. The highest BCUT2D eigenvalue weighted by atomic mass is 16.5. The first-order valence-electron chi connectivity index (χ1n) is 8.80. The first kappa shape index (κ1) is 16.8. The third-order valence-electron chi connectivity index (χ3n) is 4.61. The highest BCUT2D eigenvalue weighted by Gasteiger charge is 2.26. The number of hydrogen-bond donors (Lipinski definition) is 0. The van der Waals surface area contributed by atoms with Crippen LogP contribution in [0, 0.1) is 0 Å². The Morgan fingerprint density at radius 3 is 2.38 bits per heavy atom. The van der Waals surface area contributed by atoms with Crippen LogP contribution in [0.4, 0.5) is 0 Å². The van der Waals surface area contributed by atoms with Gasteiger partial charge in [-0.3, -0.25) is 0 Å². The number of fused-ring (bicyclic) bond motifs is 5. The van der Waals surface area contributed by atoms with Gasteiger partial charge in [0, 0.05) is 24.7 Å². The number of para-hydroxylation sites is 2. The van der Waals surface area contributed by atoms with Crippen molar-refractivity contribution in [3.63, 3.8) is 0 Å². The van der Waals surface area contributed by atoms with Crippen LogP contribution in [0.5, 0.6) is 11.5 Å². The fraction of sp³-hybridized carbons (Fsp3) is 0.286. The smallest absolute Gasteiger partial charge is 0.136 e. The zero-order valence-electron chi connectivity index (χ0n) is 15.4. The molecule has 2 aromatic carbocycles. The normalized spacial score (nSPS) is 12.2. The maximum Gasteiger partial charge on any atom is 0.136 e. The van der Waals surface area contributed by atoms with Crippen molar-refractivity contribution in [3.8, 4) is 34.0 Å². The van der Waals surface area contributed by atoms with E-state index in [0.717, 1.165) is 46.4 Å². The lowest BCUT2D eigenvalue weighted by molar-refractivity contribution is 0.0991. The van der Waals surface area contributed by atoms with Crippen LogP contribution < -0.4 is 4.74 Å². The minimum absolute atomic E-state index is 0.489. The Bertz CT molecular complexity index is 931. The van der Waals surface area contributed by atoms with E-state index in [2.05, 4.69) is 21.6 Å². The van der Waals surface area contributed by atoms with Crippen molar-refractivity contribution >= 4 is 0 Å². The van der Waals surface area contributed by atoms with Gasteiger partial charge in [0.05, 0.1) is 12.3 Å². The molecule has 4 rings (SSSR count). The molecule has 134 valence electrons. The fourth-order valence-electron chi connectivity index (χ4n) is 3.20. The number of benzene rings is 2. The average Bonchev–Trinajstić information content (AvgIpc) is 2.88. The number of aromatic nitrogens is 2. The monoisotopic (exact) mass is 349 g/mol. The molecule has 0 bridgehead atoms. The van der Waals surface area contributed by atoms with Gasteiger partial charge in [-0.05, 0) is 38.4 Å².